The van der Waals surface area contributed by atoms with Crippen LogP contribution < -0.4 is 5.32 Å². The van der Waals surface area contributed by atoms with Crippen molar-refractivity contribution in [3.8, 4) is 0 Å². The number of nitro benzene ring substituents is 1. The van der Waals surface area contributed by atoms with E-state index in [0.717, 1.165) is 12.1 Å². The molecule has 1 saturated heterocycles. The highest BCUT2D eigenvalue weighted by Gasteiger charge is 2.29. The highest BCUT2D eigenvalue weighted by molar-refractivity contribution is 7.89. The second-order valence-corrected chi connectivity index (χ2v) is 6.53. The molecule has 20 heavy (non-hydrogen) atoms. The molecule has 0 aromatic heterocycles. The Morgan fingerprint density at radius 3 is 2.75 bits per heavy atom. The summed E-state index contributed by atoms with van der Waals surface area (Å²) in [6, 6.07) is 2.62. The monoisotopic (exact) mass is 303 g/mol. The van der Waals surface area contributed by atoms with E-state index in [1.54, 1.807) is 0 Å². The molecule has 1 fully saturated rings. The third kappa shape index (κ3) is 2.79. The second kappa shape index (κ2) is 5.43. The van der Waals surface area contributed by atoms with Crippen molar-refractivity contribution in [2.24, 2.45) is 0 Å². The Balaban J connectivity index is 2.34. The predicted octanol–water partition coefficient (Wildman–Crippen LogP) is 0.716. The van der Waals surface area contributed by atoms with Crippen molar-refractivity contribution < 1.29 is 17.7 Å². The number of rotatable bonds is 3. The largest absolute Gasteiger partial charge is 0.312 e. The minimum atomic E-state index is -3.83. The fourth-order valence-electron chi connectivity index (χ4n) is 2.06. The molecule has 2 rings (SSSR count). The van der Waals surface area contributed by atoms with Crippen LogP contribution in [0.4, 0.5) is 10.1 Å². The highest BCUT2D eigenvalue weighted by atomic mass is 32.2. The second-order valence-electron chi connectivity index (χ2n) is 4.59. The van der Waals surface area contributed by atoms with E-state index in [0.29, 0.717) is 12.6 Å². The molecule has 1 atom stereocenters. The predicted molar refractivity (Wildman–Crippen MR) is 69.3 cm³/mol. The van der Waals surface area contributed by atoms with Crippen LogP contribution in [0.25, 0.3) is 0 Å². The van der Waals surface area contributed by atoms with Gasteiger partial charge in [-0.25, -0.2) is 8.42 Å². The summed E-state index contributed by atoms with van der Waals surface area (Å²) in [5.41, 5.74) is -0.738. The number of sulfonamides is 1. The molecule has 0 saturated carbocycles. The van der Waals surface area contributed by atoms with Crippen LogP contribution in [0.5, 0.6) is 0 Å². The van der Waals surface area contributed by atoms with E-state index in [-0.39, 0.29) is 24.0 Å². The summed E-state index contributed by atoms with van der Waals surface area (Å²) in [6.07, 6.45) is 0. The lowest BCUT2D eigenvalue weighted by Gasteiger charge is -2.30. The van der Waals surface area contributed by atoms with Gasteiger partial charge in [0.1, 0.15) is 0 Å². The van der Waals surface area contributed by atoms with Crippen molar-refractivity contribution in [3.63, 3.8) is 0 Å². The first-order valence-electron chi connectivity index (χ1n) is 6.00. The number of nitrogens with zero attached hydrogens (tertiary/aromatic N) is 2. The molecule has 0 spiro atoms. The Morgan fingerprint density at radius 1 is 1.50 bits per heavy atom. The van der Waals surface area contributed by atoms with Crippen LogP contribution in [0.15, 0.2) is 23.1 Å². The maximum absolute atomic E-state index is 13.5. The summed E-state index contributed by atoms with van der Waals surface area (Å²) in [6.45, 7) is 2.92. The summed E-state index contributed by atoms with van der Waals surface area (Å²) >= 11 is 0. The lowest BCUT2D eigenvalue weighted by atomic mass is 10.3. The maximum atomic E-state index is 13.5. The van der Waals surface area contributed by atoms with Gasteiger partial charge in [-0.05, 0) is 13.0 Å². The molecule has 0 amide bonds. The van der Waals surface area contributed by atoms with Crippen molar-refractivity contribution in [1.82, 2.24) is 9.62 Å². The van der Waals surface area contributed by atoms with Gasteiger partial charge >= 0.3 is 5.69 Å². The van der Waals surface area contributed by atoms with E-state index in [9.17, 15) is 22.9 Å². The molecule has 1 aromatic rings. The van der Waals surface area contributed by atoms with E-state index in [1.807, 2.05) is 6.92 Å². The Morgan fingerprint density at radius 2 is 2.20 bits per heavy atom. The van der Waals surface area contributed by atoms with Gasteiger partial charge in [0.05, 0.1) is 9.82 Å². The average Bonchev–Trinajstić information content (AvgIpc) is 2.38. The molecular formula is C11H14FN3O4S. The molecule has 7 nitrogen and oxygen atoms in total. The van der Waals surface area contributed by atoms with Crippen LogP contribution in [0.3, 0.4) is 0 Å². The van der Waals surface area contributed by atoms with Gasteiger partial charge in [0.15, 0.2) is 0 Å². The Bertz CT molecular complexity index is 635. The molecule has 9 heteroatoms. The quantitative estimate of drug-likeness (QED) is 0.656. The number of benzene rings is 1. The smallest absolute Gasteiger partial charge is 0.304 e. The highest BCUT2D eigenvalue weighted by Crippen LogP contribution is 2.23. The first-order chi connectivity index (χ1) is 9.32. The summed E-state index contributed by atoms with van der Waals surface area (Å²) in [5, 5.41) is 13.6. The van der Waals surface area contributed by atoms with Gasteiger partial charge in [-0.2, -0.15) is 8.70 Å². The van der Waals surface area contributed by atoms with Crippen LogP contribution in [0, 0.1) is 15.9 Å². The van der Waals surface area contributed by atoms with Crippen LogP contribution in [-0.4, -0.2) is 43.3 Å². The van der Waals surface area contributed by atoms with Gasteiger partial charge < -0.3 is 5.32 Å². The molecule has 110 valence electrons. The molecular weight excluding hydrogens is 289 g/mol. The minimum absolute atomic E-state index is 0.00132. The molecule has 0 bridgehead atoms. The number of nitro groups is 1. The first-order valence-corrected chi connectivity index (χ1v) is 7.44. The zero-order valence-corrected chi connectivity index (χ0v) is 11.6. The van der Waals surface area contributed by atoms with E-state index in [2.05, 4.69) is 5.32 Å². The van der Waals surface area contributed by atoms with Crippen LogP contribution in [-0.2, 0) is 10.0 Å². The lowest BCUT2D eigenvalue weighted by Crippen LogP contribution is -2.51. The third-order valence-corrected chi connectivity index (χ3v) is 4.95. The summed E-state index contributed by atoms with van der Waals surface area (Å²) < 4.78 is 39.4. The van der Waals surface area contributed by atoms with Crippen LogP contribution in [0.2, 0.25) is 0 Å². The number of hydrogen-bond donors (Lipinski definition) is 1. The van der Waals surface area contributed by atoms with E-state index >= 15 is 0 Å². The van der Waals surface area contributed by atoms with Crippen molar-refractivity contribution in [2.45, 2.75) is 17.9 Å². The summed E-state index contributed by atoms with van der Waals surface area (Å²) in [7, 11) is -3.83. The number of nitrogens with one attached hydrogen (secondary N) is 1. The average molecular weight is 303 g/mol. The van der Waals surface area contributed by atoms with Crippen molar-refractivity contribution in [2.75, 3.05) is 19.6 Å². The Hall–Kier alpha value is -1.58. The number of halogens is 1. The fourth-order valence-corrected chi connectivity index (χ4v) is 3.60. The third-order valence-electron chi connectivity index (χ3n) is 3.09. The molecule has 1 aromatic carbocycles. The van der Waals surface area contributed by atoms with E-state index in [1.165, 1.54) is 4.31 Å². The Kier molecular flexibility index (Phi) is 4.02. The van der Waals surface area contributed by atoms with Gasteiger partial charge in [0.25, 0.3) is 0 Å². The van der Waals surface area contributed by atoms with E-state index < -0.39 is 26.5 Å². The molecule has 0 radical (unpaired) electrons. The Labute approximate surface area is 115 Å². The maximum Gasteiger partial charge on any atom is 0.304 e. The lowest BCUT2D eigenvalue weighted by molar-refractivity contribution is -0.387. The molecule has 0 aliphatic carbocycles. The summed E-state index contributed by atoms with van der Waals surface area (Å²) in [5.74, 6) is -1.15. The van der Waals surface area contributed by atoms with Gasteiger partial charge in [-0.15, -0.1) is 0 Å². The molecule has 1 aliphatic rings. The number of hydrogen-bond acceptors (Lipinski definition) is 5. The molecule has 1 aliphatic heterocycles. The number of piperazine rings is 1. The van der Waals surface area contributed by atoms with Crippen molar-refractivity contribution >= 4 is 15.7 Å². The van der Waals surface area contributed by atoms with Crippen LogP contribution in [0.1, 0.15) is 6.92 Å². The fraction of sp³-hybridized carbons (Fsp3) is 0.455. The molecule has 1 N–H and O–H groups in total. The topological polar surface area (TPSA) is 92.5 Å². The normalized spacial score (nSPS) is 20.8. The van der Waals surface area contributed by atoms with Crippen LogP contribution >= 0.6 is 0 Å². The zero-order valence-electron chi connectivity index (χ0n) is 10.7. The van der Waals surface area contributed by atoms with Crippen molar-refractivity contribution in [3.05, 3.63) is 34.1 Å². The minimum Gasteiger partial charge on any atom is -0.312 e. The van der Waals surface area contributed by atoms with Gasteiger partial charge in [-0.1, -0.05) is 0 Å². The standard InChI is InChI=1S/C11H14FN3O4S/c1-8-7-14(5-4-13-8)20(18,19)9-2-3-11(15(16)17)10(12)6-9/h2-3,6,8,13H,4-5,7H2,1H3/t8-/m1/s1. The van der Waals surface area contributed by atoms with Crippen molar-refractivity contribution in [1.29, 1.82) is 0 Å². The van der Waals surface area contributed by atoms with E-state index in [4.69, 9.17) is 0 Å². The van der Waals surface area contributed by atoms with Gasteiger partial charge in [-0.3, -0.25) is 10.1 Å². The van der Waals surface area contributed by atoms with Gasteiger partial charge in [0, 0.05) is 37.8 Å². The molecule has 0 unspecified atom stereocenters. The summed E-state index contributed by atoms with van der Waals surface area (Å²) in [4.78, 5) is 9.37. The molecule has 1 heterocycles. The van der Waals surface area contributed by atoms with Gasteiger partial charge in [0.2, 0.25) is 15.8 Å². The zero-order chi connectivity index (χ0) is 14.9. The first kappa shape index (κ1) is 14.8. The SMILES string of the molecule is C[C@@H]1CN(S(=O)(=O)c2ccc([N+](=O)[O-])c(F)c2)CCN1.